The summed E-state index contributed by atoms with van der Waals surface area (Å²) in [6.45, 7) is 1.95. The van der Waals surface area contributed by atoms with Gasteiger partial charge in [0.05, 0.1) is 5.75 Å². The number of amides is 1. The van der Waals surface area contributed by atoms with Gasteiger partial charge in [-0.3, -0.25) is 4.79 Å². The molecule has 0 N–H and O–H groups in total. The summed E-state index contributed by atoms with van der Waals surface area (Å²) >= 11 is 3.42. The molecule has 134 valence electrons. The Hall–Kier alpha value is -1.14. The highest BCUT2D eigenvalue weighted by molar-refractivity contribution is 8.00. The van der Waals surface area contributed by atoms with Crippen LogP contribution in [0.1, 0.15) is 54.8 Å². The minimum atomic E-state index is 0.230. The number of hydrogen-bond acceptors (Lipinski definition) is 5. The molecule has 0 radical (unpaired) electrons. The highest BCUT2D eigenvalue weighted by Gasteiger charge is 2.25. The fraction of sp³-hybridized carbons (Fsp3) is 0.632. The van der Waals surface area contributed by atoms with Gasteiger partial charge in [-0.25, -0.2) is 9.97 Å². The van der Waals surface area contributed by atoms with E-state index in [4.69, 9.17) is 0 Å². The smallest absolute Gasteiger partial charge is 0.232 e. The summed E-state index contributed by atoms with van der Waals surface area (Å²) in [6.07, 6.45) is 9.66. The van der Waals surface area contributed by atoms with Crippen molar-refractivity contribution in [3.8, 4) is 0 Å². The Morgan fingerprint density at radius 3 is 2.80 bits per heavy atom. The summed E-state index contributed by atoms with van der Waals surface area (Å²) < 4.78 is 0. The number of fused-ring (bicyclic) bond motifs is 3. The third kappa shape index (κ3) is 3.43. The van der Waals surface area contributed by atoms with Crippen molar-refractivity contribution in [1.29, 1.82) is 0 Å². The number of carbonyl (C=O) groups is 1. The normalized spacial score (nSPS) is 17.8. The summed E-state index contributed by atoms with van der Waals surface area (Å²) in [5, 5.41) is 2.23. The predicted molar refractivity (Wildman–Crippen MR) is 105 cm³/mol. The summed E-state index contributed by atoms with van der Waals surface area (Å²) in [4.78, 5) is 26.6. The Kier molecular flexibility index (Phi) is 5.00. The van der Waals surface area contributed by atoms with Gasteiger partial charge in [0.15, 0.2) is 0 Å². The second kappa shape index (κ2) is 7.23. The zero-order valence-electron chi connectivity index (χ0n) is 15.0. The lowest BCUT2D eigenvalue weighted by Gasteiger charge is -2.31. The minimum absolute atomic E-state index is 0.230. The molecule has 25 heavy (non-hydrogen) atoms. The van der Waals surface area contributed by atoms with Crippen LogP contribution in [0, 0.1) is 6.92 Å². The van der Waals surface area contributed by atoms with Crippen molar-refractivity contribution in [2.75, 3.05) is 12.8 Å². The minimum Gasteiger partial charge on any atom is -0.342 e. The number of carbonyl (C=O) groups excluding carboxylic acids is 1. The molecular formula is C19H25N3OS2. The van der Waals surface area contributed by atoms with Crippen LogP contribution in [0.5, 0.6) is 0 Å². The highest BCUT2D eigenvalue weighted by Crippen LogP contribution is 2.40. The van der Waals surface area contributed by atoms with E-state index in [1.165, 1.54) is 47.9 Å². The van der Waals surface area contributed by atoms with E-state index >= 15 is 0 Å². The molecule has 4 rings (SSSR count). The zero-order valence-corrected chi connectivity index (χ0v) is 16.6. The predicted octanol–water partition coefficient (Wildman–Crippen LogP) is 4.37. The van der Waals surface area contributed by atoms with Gasteiger partial charge in [0.2, 0.25) is 5.91 Å². The molecular weight excluding hydrogens is 350 g/mol. The Balaban J connectivity index is 1.51. The monoisotopic (exact) mass is 375 g/mol. The maximum absolute atomic E-state index is 12.7. The average molecular weight is 376 g/mol. The first-order valence-corrected chi connectivity index (χ1v) is 11.1. The van der Waals surface area contributed by atoms with Crippen LogP contribution >= 0.6 is 23.1 Å². The average Bonchev–Trinajstić information content (AvgIpc) is 3.20. The number of hydrogen-bond donors (Lipinski definition) is 0. The van der Waals surface area contributed by atoms with Crippen LogP contribution in [-0.2, 0) is 17.6 Å². The summed E-state index contributed by atoms with van der Waals surface area (Å²) in [5.74, 6) is 1.51. The van der Waals surface area contributed by atoms with Crippen molar-refractivity contribution in [2.24, 2.45) is 0 Å². The number of thiophene rings is 1. The fourth-order valence-corrected chi connectivity index (χ4v) is 6.47. The number of aryl methyl sites for hydroxylation is 3. The van der Waals surface area contributed by atoms with Crippen LogP contribution in [-0.4, -0.2) is 39.6 Å². The van der Waals surface area contributed by atoms with E-state index in [-0.39, 0.29) is 5.91 Å². The Morgan fingerprint density at radius 1 is 1.20 bits per heavy atom. The van der Waals surface area contributed by atoms with E-state index in [1.807, 2.05) is 30.2 Å². The molecule has 1 saturated carbocycles. The lowest BCUT2D eigenvalue weighted by atomic mass is 9.94. The van der Waals surface area contributed by atoms with Crippen molar-refractivity contribution in [1.82, 2.24) is 14.9 Å². The van der Waals surface area contributed by atoms with Crippen molar-refractivity contribution < 1.29 is 4.79 Å². The summed E-state index contributed by atoms with van der Waals surface area (Å²) in [5.41, 5.74) is 1.44. The molecule has 0 unspecified atom stereocenters. The maximum Gasteiger partial charge on any atom is 0.232 e. The third-order valence-corrected chi connectivity index (χ3v) is 7.64. The van der Waals surface area contributed by atoms with E-state index in [2.05, 4.69) is 9.97 Å². The second-order valence-corrected chi connectivity index (χ2v) is 9.25. The largest absolute Gasteiger partial charge is 0.342 e. The Labute approximate surface area is 157 Å². The van der Waals surface area contributed by atoms with Gasteiger partial charge < -0.3 is 4.90 Å². The Bertz CT molecular complexity index is 796. The standard InChI is InChI=1S/C19H25N3OS2/c1-12-20-18(17-14-9-6-10-15(14)25-19(17)21-12)24-11-16(23)22(2)13-7-4-3-5-8-13/h13H,3-11H2,1-2H3. The van der Waals surface area contributed by atoms with Crippen molar-refractivity contribution in [2.45, 2.75) is 69.4 Å². The molecule has 2 aromatic heterocycles. The van der Waals surface area contributed by atoms with Crippen LogP contribution in [0.25, 0.3) is 10.2 Å². The first-order valence-electron chi connectivity index (χ1n) is 9.31. The molecule has 1 fully saturated rings. The molecule has 4 nitrogen and oxygen atoms in total. The molecule has 2 heterocycles. The van der Waals surface area contributed by atoms with Gasteiger partial charge in [0.25, 0.3) is 0 Å². The molecule has 2 aliphatic carbocycles. The van der Waals surface area contributed by atoms with Gasteiger partial charge in [0, 0.05) is 23.4 Å². The van der Waals surface area contributed by atoms with Gasteiger partial charge in [-0.1, -0.05) is 31.0 Å². The van der Waals surface area contributed by atoms with Gasteiger partial charge >= 0.3 is 0 Å². The molecule has 0 saturated heterocycles. The van der Waals surface area contributed by atoms with Crippen molar-refractivity contribution in [3.05, 3.63) is 16.3 Å². The first-order chi connectivity index (χ1) is 12.1. The van der Waals surface area contributed by atoms with E-state index < -0.39 is 0 Å². The van der Waals surface area contributed by atoms with Crippen molar-refractivity contribution in [3.63, 3.8) is 0 Å². The quantitative estimate of drug-likeness (QED) is 0.588. The molecule has 2 aliphatic rings. The zero-order chi connectivity index (χ0) is 17.4. The van der Waals surface area contributed by atoms with Gasteiger partial charge in [-0.2, -0.15) is 0 Å². The number of rotatable bonds is 4. The van der Waals surface area contributed by atoms with E-state index in [1.54, 1.807) is 11.8 Å². The Morgan fingerprint density at radius 2 is 2.00 bits per heavy atom. The van der Waals surface area contributed by atoms with Crippen LogP contribution in [0.15, 0.2) is 5.03 Å². The van der Waals surface area contributed by atoms with Crippen LogP contribution < -0.4 is 0 Å². The SMILES string of the molecule is Cc1nc(SCC(=O)N(C)C2CCCCC2)c2c3c(sc2n1)CCC3. The van der Waals surface area contributed by atoms with E-state index in [0.717, 1.165) is 34.9 Å². The number of thioether (sulfide) groups is 1. The summed E-state index contributed by atoms with van der Waals surface area (Å²) in [7, 11) is 1.97. The summed E-state index contributed by atoms with van der Waals surface area (Å²) in [6, 6.07) is 0.430. The van der Waals surface area contributed by atoms with Crippen molar-refractivity contribution >= 4 is 39.2 Å². The second-order valence-electron chi connectivity index (χ2n) is 7.20. The van der Waals surface area contributed by atoms with Crippen LogP contribution in [0.2, 0.25) is 0 Å². The highest BCUT2D eigenvalue weighted by atomic mass is 32.2. The maximum atomic E-state index is 12.7. The first kappa shape index (κ1) is 17.3. The molecule has 6 heteroatoms. The van der Waals surface area contributed by atoms with Gasteiger partial charge in [-0.15, -0.1) is 11.3 Å². The number of aromatic nitrogens is 2. The lowest BCUT2D eigenvalue weighted by Crippen LogP contribution is -2.39. The third-order valence-electron chi connectivity index (χ3n) is 5.49. The molecule has 0 spiro atoms. The molecule has 2 aromatic rings. The van der Waals surface area contributed by atoms with Crippen LogP contribution in [0.3, 0.4) is 0 Å². The van der Waals surface area contributed by atoms with E-state index in [0.29, 0.717) is 11.8 Å². The lowest BCUT2D eigenvalue weighted by molar-refractivity contribution is -0.129. The van der Waals surface area contributed by atoms with Gasteiger partial charge in [0.1, 0.15) is 15.7 Å². The fourth-order valence-electron chi connectivity index (χ4n) is 4.07. The molecule has 1 amide bonds. The molecule has 0 aliphatic heterocycles. The van der Waals surface area contributed by atoms with E-state index in [9.17, 15) is 4.79 Å². The molecule has 0 atom stereocenters. The molecule has 0 bridgehead atoms. The van der Waals surface area contributed by atoms with Crippen LogP contribution in [0.4, 0.5) is 0 Å². The number of nitrogens with zero attached hydrogens (tertiary/aromatic N) is 3. The topological polar surface area (TPSA) is 46.1 Å². The molecule has 0 aromatic carbocycles. The van der Waals surface area contributed by atoms with Gasteiger partial charge in [-0.05, 0) is 44.6 Å².